The van der Waals surface area contributed by atoms with Crippen LogP contribution in [0.1, 0.15) is 56.6 Å². The maximum Gasteiger partial charge on any atom is 0.270 e. The number of carbonyl (C=O) groups excluding carboxylic acids is 1. The Labute approximate surface area is 117 Å². The monoisotopic (exact) mass is 312 g/mol. The Hall–Kier alpha value is -0.770. The first-order valence-electron chi connectivity index (χ1n) is 6.52. The molecule has 4 heteroatoms. The van der Waals surface area contributed by atoms with Crippen molar-refractivity contribution in [2.24, 2.45) is 0 Å². The summed E-state index contributed by atoms with van der Waals surface area (Å²) in [4.78, 5) is 14.5. The first-order valence-corrected chi connectivity index (χ1v) is 7.31. The van der Waals surface area contributed by atoms with Crippen LogP contribution in [0.15, 0.2) is 16.7 Å². The van der Waals surface area contributed by atoms with Gasteiger partial charge in [0.25, 0.3) is 5.91 Å². The Kier molecular flexibility index (Phi) is 3.58. The summed E-state index contributed by atoms with van der Waals surface area (Å²) in [6, 6.07) is 2.46. The molecule has 0 saturated heterocycles. The van der Waals surface area contributed by atoms with Gasteiger partial charge in [-0.3, -0.25) is 4.79 Å². The molecule has 18 heavy (non-hydrogen) atoms. The van der Waals surface area contributed by atoms with Crippen LogP contribution < -0.4 is 0 Å². The van der Waals surface area contributed by atoms with Crippen LogP contribution in [0.2, 0.25) is 0 Å². The number of hydrogen-bond acceptors (Lipinski definition) is 1. The number of hydrogen-bond donors (Lipinski definition) is 0. The molecule has 0 atom stereocenters. The fourth-order valence-corrected chi connectivity index (χ4v) is 2.39. The number of rotatable bonds is 4. The molecule has 0 unspecified atom stereocenters. The van der Waals surface area contributed by atoms with E-state index in [0.717, 1.165) is 16.6 Å². The summed E-state index contributed by atoms with van der Waals surface area (Å²) in [5.41, 5.74) is 0.691. The summed E-state index contributed by atoms with van der Waals surface area (Å²) in [5, 5.41) is 0. The smallest absolute Gasteiger partial charge is 0.270 e. The van der Waals surface area contributed by atoms with E-state index in [0.29, 0.717) is 6.04 Å². The molecule has 1 fully saturated rings. The number of nitrogens with zero attached hydrogens (tertiary/aromatic N) is 2. The third kappa shape index (κ3) is 2.48. The average molecular weight is 313 g/mol. The number of aromatic nitrogens is 1. The predicted molar refractivity (Wildman–Crippen MR) is 76.9 cm³/mol. The average Bonchev–Trinajstić information content (AvgIpc) is 3.10. The second-order valence-electron chi connectivity index (χ2n) is 5.71. The van der Waals surface area contributed by atoms with Crippen LogP contribution in [0.3, 0.4) is 0 Å². The van der Waals surface area contributed by atoms with Crippen LogP contribution in [0.25, 0.3) is 0 Å². The minimum atomic E-state index is -0.109. The van der Waals surface area contributed by atoms with Crippen LogP contribution in [-0.4, -0.2) is 28.0 Å². The van der Waals surface area contributed by atoms with E-state index in [-0.39, 0.29) is 11.4 Å². The van der Waals surface area contributed by atoms with Crippen LogP contribution in [-0.2, 0) is 0 Å². The molecule has 0 N–H and O–H groups in total. The lowest BCUT2D eigenvalue weighted by Crippen LogP contribution is -2.45. The van der Waals surface area contributed by atoms with Crippen LogP contribution in [0.5, 0.6) is 0 Å². The van der Waals surface area contributed by atoms with Gasteiger partial charge in [0.05, 0.1) is 0 Å². The second kappa shape index (κ2) is 4.72. The highest BCUT2D eigenvalue weighted by Gasteiger charge is 2.32. The van der Waals surface area contributed by atoms with Crippen molar-refractivity contribution >= 4 is 21.8 Å². The van der Waals surface area contributed by atoms with Crippen molar-refractivity contribution in [1.82, 2.24) is 9.47 Å². The van der Waals surface area contributed by atoms with Crippen LogP contribution in [0, 0.1) is 0 Å². The van der Waals surface area contributed by atoms with Gasteiger partial charge in [0.15, 0.2) is 0 Å². The zero-order chi connectivity index (χ0) is 13.5. The quantitative estimate of drug-likeness (QED) is 0.829. The molecule has 1 amide bonds. The normalized spacial score (nSPS) is 15.8. The second-order valence-corrected chi connectivity index (χ2v) is 6.63. The first kappa shape index (κ1) is 13.7. The zero-order valence-corrected chi connectivity index (χ0v) is 13.1. The Morgan fingerprint density at radius 1 is 1.56 bits per heavy atom. The van der Waals surface area contributed by atoms with Gasteiger partial charge in [-0.05, 0) is 55.1 Å². The van der Waals surface area contributed by atoms with E-state index in [2.05, 4.69) is 41.3 Å². The Bertz CT molecular complexity index is 460. The van der Waals surface area contributed by atoms with Gasteiger partial charge in [0.2, 0.25) is 0 Å². The highest BCUT2D eigenvalue weighted by molar-refractivity contribution is 9.10. The number of carbonyl (C=O) groups is 1. The Morgan fingerprint density at radius 2 is 2.17 bits per heavy atom. The molecule has 1 aromatic rings. The summed E-state index contributed by atoms with van der Waals surface area (Å²) >= 11 is 3.47. The van der Waals surface area contributed by atoms with E-state index < -0.39 is 0 Å². The molecule has 1 heterocycles. The fraction of sp³-hybridized carbons (Fsp3) is 0.643. The minimum absolute atomic E-state index is 0.109. The molecule has 0 aromatic carbocycles. The van der Waals surface area contributed by atoms with Gasteiger partial charge in [-0.25, -0.2) is 0 Å². The molecule has 0 bridgehead atoms. The number of halogens is 1. The molecular formula is C14H21BrN2O. The van der Waals surface area contributed by atoms with Gasteiger partial charge < -0.3 is 9.47 Å². The van der Waals surface area contributed by atoms with Crippen molar-refractivity contribution in [3.63, 3.8) is 0 Å². The third-order valence-electron chi connectivity index (χ3n) is 4.05. The van der Waals surface area contributed by atoms with Crippen LogP contribution in [0.4, 0.5) is 0 Å². The third-order valence-corrected chi connectivity index (χ3v) is 4.49. The zero-order valence-electron chi connectivity index (χ0n) is 11.5. The summed E-state index contributed by atoms with van der Waals surface area (Å²) in [5.74, 6) is 0.111. The topological polar surface area (TPSA) is 25.2 Å². The highest BCUT2D eigenvalue weighted by atomic mass is 79.9. The lowest BCUT2D eigenvalue weighted by atomic mass is 9.99. The van der Waals surface area contributed by atoms with Crippen molar-refractivity contribution < 1.29 is 4.79 Å². The predicted octanol–water partition coefficient (Wildman–Crippen LogP) is 3.85. The van der Waals surface area contributed by atoms with Gasteiger partial charge in [0.1, 0.15) is 5.69 Å². The summed E-state index contributed by atoms with van der Waals surface area (Å²) in [6.07, 6.45) is 5.34. The summed E-state index contributed by atoms with van der Waals surface area (Å²) < 4.78 is 3.11. The van der Waals surface area contributed by atoms with E-state index in [1.54, 1.807) is 0 Å². The van der Waals surface area contributed by atoms with E-state index >= 15 is 0 Å². The van der Waals surface area contributed by atoms with Gasteiger partial charge in [-0.2, -0.15) is 0 Å². The standard InChI is InChI=1S/C14H21BrN2O/c1-5-14(2,3)16(4)13(18)12-8-10(15)9-17(12)11-6-7-11/h8-9,11H,5-7H2,1-4H3. The molecule has 3 nitrogen and oxygen atoms in total. The Morgan fingerprint density at radius 3 is 2.67 bits per heavy atom. The maximum atomic E-state index is 12.6. The maximum absolute atomic E-state index is 12.6. The van der Waals surface area contributed by atoms with E-state index in [4.69, 9.17) is 0 Å². The molecule has 100 valence electrons. The largest absolute Gasteiger partial charge is 0.339 e. The minimum Gasteiger partial charge on any atom is -0.339 e. The molecular weight excluding hydrogens is 292 g/mol. The fourth-order valence-electron chi connectivity index (χ4n) is 1.96. The van der Waals surface area contributed by atoms with Gasteiger partial charge in [0, 0.05) is 29.3 Å². The van der Waals surface area contributed by atoms with Gasteiger partial charge >= 0.3 is 0 Å². The molecule has 0 aliphatic heterocycles. The SMILES string of the molecule is CCC(C)(C)N(C)C(=O)c1cc(Br)cn1C1CC1. The van der Waals surface area contributed by atoms with Gasteiger partial charge in [-0.1, -0.05) is 6.92 Å². The molecule has 1 aliphatic rings. The molecule has 1 aliphatic carbocycles. The van der Waals surface area contributed by atoms with E-state index in [1.165, 1.54) is 12.8 Å². The van der Waals surface area contributed by atoms with E-state index in [1.807, 2.05) is 24.2 Å². The van der Waals surface area contributed by atoms with E-state index in [9.17, 15) is 4.79 Å². The molecule has 0 spiro atoms. The Balaban J connectivity index is 2.28. The molecule has 1 saturated carbocycles. The number of amides is 1. The van der Waals surface area contributed by atoms with Crippen LogP contribution >= 0.6 is 15.9 Å². The lowest BCUT2D eigenvalue weighted by molar-refractivity contribution is 0.0609. The van der Waals surface area contributed by atoms with Crippen molar-refractivity contribution in [3.05, 3.63) is 22.4 Å². The van der Waals surface area contributed by atoms with Crippen molar-refractivity contribution in [3.8, 4) is 0 Å². The van der Waals surface area contributed by atoms with Crippen molar-refractivity contribution in [1.29, 1.82) is 0 Å². The first-order chi connectivity index (χ1) is 8.36. The summed E-state index contributed by atoms with van der Waals surface area (Å²) in [7, 11) is 1.89. The molecule has 1 aromatic heterocycles. The highest BCUT2D eigenvalue weighted by Crippen LogP contribution is 2.38. The lowest BCUT2D eigenvalue weighted by Gasteiger charge is -2.35. The molecule has 2 rings (SSSR count). The van der Waals surface area contributed by atoms with Crippen molar-refractivity contribution in [2.75, 3.05) is 7.05 Å². The molecule has 0 radical (unpaired) electrons. The van der Waals surface area contributed by atoms with Gasteiger partial charge in [-0.15, -0.1) is 0 Å². The van der Waals surface area contributed by atoms with Crippen molar-refractivity contribution in [2.45, 2.75) is 51.6 Å². The summed E-state index contributed by atoms with van der Waals surface area (Å²) in [6.45, 7) is 6.31.